The normalized spacial score (nSPS) is 14.5. The molecule has 3 heterocycles. The summed E-state index contributed by atoms with van der Waals surface area (Å²) in [5.74, 6) is -2.16. The van der Waals surface area contributed by atoms with Crippen molar-refractivity contribution in [1.82, 2.24) is 10.6 Å². The van der Waals surface area contributed by atoms with E-state index in [0.29, 0.717) is 11.3 Å². The Kier molecular flexibility index (Phi) is 6.21. The predicted molar refractivity (Wildman–Crippen MR) is 145 cm³/mol. The quantitative estimate of drug-likeness (QED) is 0.132. The second-order valence-electron chi connectivity index (χ2n) is 9.15. The van der Waals surface area contributed by atoms with Crippen LogP contribution in [0.15, 0.2) is 82.2 Å². The molecule has 0 fully saturated rings. The van der Waals surface area contributed by atoms with Gasteiger partial charge >= 0.3 is 0 Å². The van der Waals surface area contributed by atoms with Gasteiger partial charge in [0.25, 0.3) is 29.5 Å². The van der Waals surface area contributed by atoms with E-state index >= 15 is 0 Å². The van der Waals surface area contributed by atoms with E-state index in [1.807, 2.05) is 0 Å². The molecule has 0 bridgehead atoms. The number of rotatable bonds is 7. The third kappa shape index (κ3) is 4.97. The lowest BCUT2D eigenvalue weighted by molar-refractivity contribution is 0.0863. The number of hydrogen-bond donors (Lipinski definition) is 5. The zero-order valence-corrected chi connectivity index (χ0v) is 20.9. The molecule has 1 aromatic heterocycles. The number of aliphatic hydroxyl groups excluding tert-OH is 1. The Hall–Kier alpha value is -5.88. The van der Waals surface area contributed by atoms with E-state index in [1.165, 1.54) is 36.4 Å². The molecule has 5 amide bonds. The molecule has 0 radical (unpaired) electrons. The maximum absolute atomic E-state index is 12.6. The Balaban J connectivity index is 1.06. The minimum atomic E-state index is -1.11. The van der Waals surface area contributed by atoms with Gasteiger partial charge in [-0.25, -0.2) is 4.99 Å². The van der Waals surface area contributed by atoms with E-state index in [0.717, 1.165) is 5.56 Å². The molecule has 0 saturated heterocycles. The fourth-order valence-electron chi connectivity index (χ4n) is 4.36. The average molecular weight is 549 g/mol. The van der Waals surface area contributed by atoms with E-state index in [4.69, 9.17) is 4.42 Å². The van der Waals surface area contributed by atoms with Crippen molar-refractivity contribution in [3.63, 3.8) is 0 Å². The lowest BCUT2D eigenvalue weighted by Crippen LogP contribution is -2.19. The van der Waals surface area contributed by atoms with E-state index < -0.39 is 35.8 Å². The summed E-state index contributed by atoms with van der Waals surface area (Å²) in [7, 11) is 0. The molecule has 1 atom stereocenters. The van der Waals surface area contributed by atoms with Crippen molar-refractivity contribution in [3.05, 3.63) is 112 Å². The molecular formula is C29H19N5O7. The highest BCUT2D eigenvalue weighted by atomic mass is 16.4. The Bertz CT molecular complexity index is 1810. The second-order valence-corrected chi connectivity index (χ2v) is 9.15. The number of aliphatic hydroxyl groups is 1. The van der Waals surface area contributed by atoms with Crippen molar-refractivity contribution >= 4 is 53.2 Å². The van der Waals surface area contributed by atoms with Crippen molar-refractivity contribution in [3.8, 4) is 0 Å². The van der Waals surface area contributed by atoms with E-state index in [1.54, 1.807) is 42.6 Å². The molecule has 2 aliphatic heterocycles. The number of nitrogens with zero attached hydrogens (tertiary/aromatic N) is 1. The van der Waals surface area contributed by atoms with Crippen molar-refractivity contribution in [2.45, 2.75) is 6.23 Å². The van der Waals surface area contributed by atoms with Crippen LogP contribution in [0.5, 0.6) is 0 Å². The highest BCUT2D eigenvalue weighted by Crippen LogP contribution is 2.25. The number of carbonyl (C=O) groups excluding carboxylic acids is 5. The minimum absolute atomic E-state index is 0.137. The minimum Gasteiger partial charge on any atom is -0.423 e. The molecule has 1 unspecified atom stereocenters. The molecule has 0 aliphatic carbocycles. The topological polar surface area (TPSA) is 179 Å². The lowest BCUT2D eigenvalue weighted by Gasteiger charge is -2.15. The summed E-state index contributed by atoms with van der Waals surface area (Å²) >= 11 is 0. The fraction of sp³-hybridized carbons (Fsp3) is 0.0345. The predicted octanol–water partition coefficient (Wildman–Crippen LogP) is 3.15. The van der Waals surface area contributed by atoms with Crippen LogP contribution in [0.4, 0.5) is 17.5 Å². The molecular weight excluding hydrogens is 530 g/mol. The van der Waals surface area contributed by atoms with Crippen LogP contribution in [0.2, 0.25) is 0 Å². The summed E-state index contributed by atoms with van der Waals surface area (Å²) in [4.78, 5) is 64.0. The van der Waals surface area contributed by atoms with Crippen LogP contribution in [0.3, 0.4) is 0 Å². The molecule has 202 valence electrons. The van der Waals surface area contributed by atoms with Crippen LogP contribution in [0.25, 0.3) is 0 Å². The van der Waals surface area contributed by atoms with Crippen molar-refractivity contribution in [2.24, 2.45) is 4.99 Å². The first-order valence-electron chi connectivity index (χ1n) is 12.2. The number of nitrogens with one attached hydrogen (secondary N) is 4. The zero-order valence-electron chi connectivity index (χ0n) is 20.9. The first-order valence-corrected chi connectivity index (χ1v) is 12.2. The van der Waals surface area contributed by atoms with Gasteiger partial charge in [0, 0.05) is 35.2 Å². The Morgan fingerprint density at radius 1 is 0.780 bits per heavy atom. The van der Waals surface area contributed by atoms with Crippen LogP contribution in [-0.2, 0) is 0 Å². The number of anilines is 2. The Morgan fingerprint density at radius 3 is 2.12 bits per heavy atom. The third-order valence-electron chi connectivity index (χ3n) is 6.46. The number of benzene rings is 3. The second kappa shape index (κ2) is 10.0. The summed E-state index contributed by atoms with van der Waals surface area (Å²) < 4.78 is 5.54. The van der Waals surface area contributed by atoms with E-state index in [2.05, 4.69) is 26.3 Å². The number of carbonyl (C=O) groups is 5. The lowest BCUT2D eigenvalue weighted by atomic mass is 10.0. The van der Waals surface area contributed by atoms with Gasteiger partial charge in [-0.2, -0.15) is 0 Å². The van der Waals surface area contributed by atoms with Gasteiger partial charge in [-0.15, -0.1) is 0 Å². The zero-order chi connectivity index (χ0) is 28.7. The Labute approximate surface area is 231 Å². The van der Waals surface area contributed by atoms with Crippen LogP contribution < -0.4 is 21.3 Å². The van der Waals surface area contributed by atoms with Gasteiger partial charge < -0.3 is 14.8 Å². The number of furan rings is 1. The van der Waals surface area contributed by atoms with Crippen LogP contribution >= 0.6 is 0 Å². The van der Waals surface area contributed by atoms with Crippen LogP contribution in [0.1, 0.15) is 69.1 Å². The molecule has 3 aromatic carbocycles. The number of fused-ring (bicyclic) bond motifs is 2. The van der Waals surface area contributed by atoms with Crippen molar-refractivity contribution in [2.75, 3.05) is 10.6 Å². The smallest absolute Gasteiger partial charge is 0.258 e. The number of amides is 5. The van der Waals surface area contributed by atoms with Crippen molar-refractivity contribution in [1.29, 1.82) is 0 Å². The highest BCUT2D eigenvalue weighted by molar-refractivity contribution is 6.22. The van der Waals surface area contributed by atoms with Gasteiger partial charge in [0.05, 0.1) is 22.3 Å². The van der Waals surface area contributed by atoms with Gasteiger partial charge in [-0.3, -0.25) is 39.9 Å². The monoisotopic (exact) mass is 549 g/mol. The SMILES string of the molecule is O=C(Nc1ccc(N=Cc2ccc(NC(O)c3ccc4c(c3)C(=O)NC4=O)cc2)o1)c1ccc2c(c1)C(=O)NC2=O. The molecule has 12 heteroatoms. The number of aliphatic imine (C=N–C) groups is 1. The summed E-state index contributed by atoms with van der Waals surface area (Å²) in [6.07, 6.45) is 0.438. The maximum Gasteiger partial charge on any atom is 0.258 e. The van der Waals surface area contributed by atoms with Gasteiger partial charge in [-0.05, 0) is 48.0 Å². The summed E-state index contributed by atoms with van der Waals surface area (Å²) in [6, 6.07) is 18.8. The third-order valence-corrected chi connectivity index (χ3v) is 6.46. The van der Waals surface area contributed by atoms with E-state index in [9.17, 15) is 29.1 Å². The first-order chi connectivity index (χ1) is 19.7. The number of hydrogen-bond acceptors (Lipinski definition) is 9. The Morgan fingerprint density at radius 2 is 1.41 bits per heavy atom. The molecule has 12 nitrogen and oxygen atoms in total. The first kappa shape index (κ1) is 25.4. The van der Waals surface area contributed by atoms with Gasteiger partial charge in [-0.1, -0.05) is 18.2 Å². The van der Waals surface area contributed by atoms with Crippen LogP contribution in [0, 0.1) is 0 Å². The number of imide groups is 2. The average Bonchev–Trinajstić information content (AvgIpc) is 3.62. The molecule has 41 heavy (non-hydrogen) atoms. The molecule has 6 rings (SSSR count). The fourth-order valence-corrected chi connectivity index (χ4v) is 4.36. The standard InChI is InChI=1S/C29H19N5O7/c35-24(15-3-7-18-20(11-15)28(39)33-26(18)37)31-17-5-1-14(2-6-17)13-30-22-9-10-23(41-22)32-25(36)16-4-8-19-21(12-16)29(40)34-27(19)38/h1-13,24,31,35H,(H,32,36)(H,33,37,39)(H,34,38,40). The van der Waals surface area contributed by atoms with Crippen LogP contribution in [-0.4, -0.2) is 40.9 Å². The van der Waals surface area contributed by atoms with Crippen molar-refractivity contribution < 1.29 is 33.5 Å². The summed E-state index contributed by atoms with van der Waals surface area (Å²) in [6.45, 7) is 0. The summed E-state index contributed by atoms with van der Waals surface area (Å²) in [5.41, 5.74) is 2.79. The molecule has 5 N–H and O–H groups in total. The summed E-state index contributed by atoms with van der Waals surface area (Å²) in [5, 5.41) is 20.5. The van der Waals surface area contributed by atoms with Gasteiger partial charge in [0.2, 0.25) is 11.8 Å². The highest BCUT2D eigenvalue weighted by Gasteiger charge is 2.28. The van der Waals surface area contributed by atoms with Gasteiger partial charge in [0.1, 0.15) is 0 Å². The molecule has 4 aromatic rings. The molecule has 2 aliphatic rings. The van der Waals surface area contributed by atoms with Gasteiger partial charge in [0.15, 0.2) is 6.23 Å². The molecule has 0 saturated carbocycles. The van der Waals surface area contributed by atoms with E-state index in [-0.39, 0.29) is 39.6 Å². The maximum atomic E-state index is 12.6. The largest absolute Gasteiger partial charge is 0.423 e. The molecule has 0 spiro atoms.